The van der Waals surface area contributed by atoms with Crippen LogP contribution >= 0.6 is 0 Å². The third kappa shape index (κ3) is 4.04. The van der Waals surface area contributed by atoms with E-state index in [4.69, 9.17) is 10.5 Å². The first-order chi connectivity index (χ1) is 12.6. The first-order valence-corrected chi connectivity index (χ1v) is 9.06. The molecule has 0 bridgehead atoms. The molecular weight excluding hydrogens is 328 g/mol. The monoisotopic (exact) mass is 352 g/mol. The van der Waals surface area contributed by atoms with E-state index in [9.17, 15) is 9.59 Å². The Bertz CT molecular complexity index is 817. The van der Waals surface area contributed by atoms with Crippen LogP contribution in [0, 0.1) is 0 Å². The quantitative estimate of drug-likeness (QED) is 0.835. The molecule has 3 rings (SSSR count). The molecule has 5 heteroatoms. The van der Waals surface area contributed by atoms with Crippen molar-refractivity contribution in [3.8, 4) is 5.75 Å². The van der Waals surface area contributed by atoms with E-state index in [1.807, 2.05) is 19.1 Å². The molecular formula is C21H24N2O3. The third-order valence-corrected chi connectivity index (χ3v) is 4.71. The van der Waals surface area contributed by atoms with E-state index in [1.54, 1.807) is 24.3 Å². The van der Waals surface area contributed by atoms with Gasteiger partial charge >= 0.3 is 0 Å². The maximum Gasteiger partial charge on any atom is 0.265 e. The summed E-state index contributed by atoms with van der Waals surface area (Å²) in [7, 11) is 0. The number of benzene rings is 2. The summed E-state index contributed by atoms with van der Waals surface area (Å²) in [6.45, 7) is 1.89. The SMILES string of the molecule is CCC(Oc1ccc2c(c1)CCCC2)C(=O)Nc1ccccc1C(N)=O. The molecule has 2 aromatic rings. The number of aryl methyl sites for hydroxylation is 2. The highest BCUT2D eigenvalue weighted by Gasteiger charge is 2.21. The molecule has 1 aliphatic rings. The Morgan fingerprint density at radius 3 is 2.58 bits per heavy atom. The highest BCUT2D eigenvalue weighted by molar-refractivity contribution is 6.04. The minimum absolute atomic E-state index is 0.282. The summed E-state index contributed by atoms with van der Waals surface area (Å²) in [5, 5.41) is 2.76. The summed E-state index contributed by atoms with van der Waals surface area (Å²) in [5.41, 5.74) is 8.73. The number of hydrogen-bond donors (Lipinski definition) is 2. The van der Waals surface area contributed by atoms with Crippen molar-refractivity contribution in [1.29, 1.82) is 0 Å². The average Bonchev–Trinajstić information content (AvgIpc) is 2.66. The van der Waals surface area contributed by atoms with Crippen LogP contribution in [0.15, 0.2) is 42.5 Å². The minimum atomic E-state index is -0.641. The van der Waals surface area contributed by atoms with E-state index in [0.717, 1.165) is 12.8 Å². The van der Waals surface area contributed by atoms with Crippen molar-refractivity contribution < 1.29 is 14.3 Å². The molecule has 0 saturated heterocycles. The molecule has 5 nitrogen and oxygen atoms in total. The molecule has 0 aliphatic heterocycles. The van der Waals surface area contributed by atoms with Crippen LogP contribution in [-0.4, -0.2) is 17.9 Å². The summed E-state index contributed by atoms with van der Waals surface area (Å²) in [5.74, 6) is -0.167. The number of primary amides is 1. The van der Waals surface area contributed by atoms with Crippen LogP contribution in [0.1, 0.15) is 47.7 Å². The predicted molar refractivity (Wildman–Crippen MR) is 101 cm³/mol. The van der Waals surface area contributed by atoms with Crippen molar-refractivity contribution in [2.45, 2.75) is 45.1 Å². The van der Waals surface area contributed by atoms with Gasteiger partial charge in [0, 0.05) is 0 Å². The molecule has 1 unspecified atom stereocenters. The van der Waals surface area contributed by atoms with Crippen LogP contribution in [0.25, 0.3) is 0 Å². The molecule has 0 fully saturated rings. The molecule has 0 aromatic heterocycles. The molecule has 3 N–H and O–H groups in total. The molecule has 0 saturated carbocycles. The third-order valence-electron chi connectivity index (χ3n) is 4.71. The second-order valence-corrected chi connectivity index (χ2v) is 6.55. The zero-order chi connectivity index (χ0) is 18.5. The van der Waals surface area contributed by atoms with E-state index in [1.165, 1.54) is 24.0 Å². The Morgan fingerprint density at radius 1 is 1.12 bits per heavy atom. The van der Waals surface area contributed by atoms with Gasteiger partial charge in [-0.25, -0.2) is 0 Å². The molecule has 0 radical (unpaired) electrons. The van der Waals surface area contributed by atoms with E-state index >= 15 is 0 Å². The number of hydrogen-bond acceptors (Lipinski definition) is 3. The van der Waals surface area contributed by atoms with Crippen molar-refractivity contribution in [3.63, 3.8) is 0 Å². The number of carbonyl (C=O) groups is 2. The van der Waals surface area contributed by atoms with Crippen LogP contribution in [-0.2, 0) is 17.6 Å². The Hall–Kier alpha value is -2.82. The van der Waals surface area contributed by atoms with Gasteiger partial charge in [0.1, 0.15) is 5.75 Å². The fourth-order valence-electron chi connectivity index (χ4n) is 3.29. The first kappa shape index (κ1) is 18.0. The number of amides is 2. The first-order valence-electron chi connectivity index (χ1n) is 9.06. The summed E-state index contributed by atoms with van der Waals surface area (Å²) >= 11 is 0. The number of fused-ring (bicyclic) bond motifs is 1. The van der Waals surface area contributed by atoms with Crippen LogP contribution < -0.4 is 15.8 Å². The van der Waals surface area contributed by atoms with Crippen LogP contribution in [0.4, 0.5) is 5.69 Å². The lowest BCUT2D eigenvalue weighted by Gasteiger charge is -2.21. The molecule has 0 spiro atoms. The van der Waals surface area contributed by atoms with Gasteiger partial charge in [-0.1, -0.05) is 25.1 Å². The second kappa shape index (κ2) is 8.04. The number of para-hydroxylation sites is 1. The largest absolute Gasteiger partial charge is 0.481 e. The standard InChI is InChI=1S/C21H24N2O3/c1-2-19(21(25)23-18-10-6-5-9-17(18)20(22)24)26-16-12-11-14-7-3-4-8-15(14)13-16/h5-6,9-13,19H,2-4,7-8H2,1H3,(H2,22,24)(H,23,25). The lowest BCUT2D eigenvalue weighted by Crippen LogP contribution is -2.33. The molecule has 2 amide bonds. The summed E-state index contributed by atoms with van der Waals surface area (Å²) < 4.78 is 5.94. The zero-order valence-corrected chi connectivity index (χ0v) is 15.0. The normalized spacial score (nSPS) is 14.2. The van der Waals surface area contributed by atoms with Gasteiger partial charge in [-0.2, -0.15) is 0 Å². The fourth-order valence-corrected chi connectivity index (χ4v) is 3.29. The smallest absolute Gasteiger partial charge is 0.265 e. The van der Waals surface area contributed by atoms with Crippen molar-refractivity contribution >= 4 is 17.5 Å². The van der Waals surface area contributed by atoms with Gasteiger partial charge in [0.2, 0.25) is 0 Å². The molecule has 1 atom stereocenters. The van der Waals surface area contributed by atoms with Gasteiger partial charge < -0.3 is 15.8 Å². The Balaban J connectivity index is 1.73. The van der Waals surface area contributed by atoms with E-state index in [-0.39, 0.29) is 11.5 Å². The Kier molecular flexibility index (Phi) is 5.56. The summed E-state index contributed by atoms with van der Waals surface area (Å²) in [6, 6.07) is 12.8. The van der Waals surface area contributed by atoms with E-state index < -0.39 is 12.0 Å². The minimum Gasteiger partial charge on any atom is -0.481 e. The zero-order valence-electron chi connectivity index (χ0n) is 15.0. The molecule has 2 aromatic carbocycles. The number of ether oxygens (including phenoxy) is 1. The number of nitrogens with one attached hydrogen (secondary N) is 1. The molecule has 26 heavy (non-hydrogen) atoms. The number of carbonyl (C=O) groups excluding carboxylic acids is 2. The topological polar surface area (TPSA) is 81.4 Å². The maximum atomic E-state index is 12.6. The van der Waals surface area contributed by atoms with Gasteiger partial charge in [0.05, 0.1) is 11.3 Å². The average molecular weight is 352 g/mol. The van der Waals surface area contributed by atoms with Crippen LogP contribution in [0.5, 0.6) is 5.75 Å². The van der Waals surface area contributed by atoms with Gasteiger partial charge in [0.15, 0.2) is 6.10 Å². The second-order valence-electron chi connectivity index (χ2n) is 6.55. The fraction of sp³-hybridized carbons (Fsp3) is 0.333. The molecule has 136 valence electrons. The van der Waals surface area contributed by atoms with Crippen molar-refractivity contribution in [2.75, 3.05) is 5.32 Å². The predicted octanol–water partition coefficient (Wildman–Crippen LogP) is 3.46. The number of nitrogens with two attached hydrogens (primary N) is 1. The van der Waals surface area contributed by atoms with Gasteiger partial charge in [-0.05, 0) is 67.5 Å². The van der Waals surface area contributed by atoms with E-state index in [0.29, 0.717) is 17.9 Å². The molecule has 1 aliphatic carbocycles. The number of rotatable bonds is 6. The van der Waals surface area contributed by atoms with Crippen LogP contribution in [0.3, 0.4) is 0 Å². The van der Waals surface area contributed by atoms with Crippen molar-refractivity contribution in [3.05, 3.63) is 59.2 Å². The summed E-state index contributed by atoms with van der Waals surface area (Å²) in [6.07, 6.45) is 4.46. The highest BCUT2D eigenvalue weighted by atomic mass is 16.5. The Labute approximate surface area is 153 Å². The molecule has 0 heterocycles. The Morgan fingerprint density at radius 2 is 1.85 bits per heavy atom. The highest BCUT2D eigenvalue weighted by Crippen LogP contribution is 2.26. The van der Waals surface area contributed by atoms with Gasteiger partial charge in [0.25, 0.3) is 11.8 Å². The van der Waals surface area contributed by atoms with Crippen molar-refractivity contribution in [1.82, 2.24) is 0 Å². The van der Waals surface area contributed by atoms with E-state index in [2.05, 4.69) is 11.4 Å². The summed E-state index contributed by atoms with van der Waals surface area (Å²) in [4.78, 5) is 24.1. The maximum absolute atomic E-state index is 12.6. The number of anilines is 1. The van der Waals surface area contributed by atoms with Crippen molar-refractivity contribution in [2.24, 2.45) is 5.73 Å². The lowest BCUT2D eigenvalue weighted by molar-refractivity contribution is -0.122. The lowest BCUT2D eigenvalue weighted by atomic mass is 9.92. The van der Waals surface area contributed by atoms with Crippen LogP contribution in [0.2, 0.25) is 0 Å². The van der Waals surface area contributed by atoms with Gasteiger partial charge in [-0.3, -0.25) is 9.59 Å². The van der Waals surface area contributed by atoms with Gasteiger partial charge in [-0.15, -0.1) is 0 Å².